The lowest BCUT2D eigenvalue weighted by Crippen LogP contribution is -2.31. The number of nitrogens with zero attached hydrogens (tertiary/aromatic N) is 2. The molecule has 1 N–H and O–H groups in total. The highest BCUT2D eigenvalue weighted by Gasteiger charge is 2.11. The second kappa shape index (κ2) is 5.80. The lowest BCUT2D eigenvalue weighted by Gasteiger charge is -2.23. The van der Waals surface area contributed by atoms with Gasteiger partial charge in [0.05, 0.1) is 18.2 Å². The van der Waals surface area contributed by atoms with Crippen LogP contribution < -0.4 is 4.90 Å². The summed E-state index contributed by atoms with van der Waals surface area (Å²) in [6.45, 7) is 0.870. The highest BCUT2D eigenvalue weighted by atomic mass is 16.5. The minimum Gasteiger partial charge on any atom is -0.389 e. The molecule has 0 amide bonds. The molecule has 1 aromatic carbocycles. The van der Waals surface area contributed by atoms with E-state index in [-0.39, 0.29) is 0 Å². The Morgan fingerprint density at radius 1 is 1.33 bits per heavy atom. The van der Waals surface area contributed by atoms with E-state index in [4.69, 9.17) is 4.74 Å². The van der Waals surface area contributed by atoms with Crippen LogP contribution in [0.15, 0.2) is 36.5 Å². The van der Waals surface area contributed by atoms with Crippen molar-refractivity contribution in [2.75, 3.05) is 32.2 Å². The number of aromatic nitrogens is 1. The molecular weight excluding hydrogens is 228 g/mol. The van der Waals surface area contributed by atoms with Gasteiger partial charge in [-0.3, -0.25) is 4.98 Å². The molecule has 1 atom stereocenters. The van der Waals surface area contributed by atoms with Gasteiger partial charge in [0.15, 0.2) is 0 Å². The van der Waals surface area contributed by atoms with E-state index in [0.717, 1.165) is 16.6 Å². The first kappa shape index (κ1) is 12.8. The molecule has 4 nitrogen and oxygen atoms in total. The molecule has 0 saturated heterocycles. The average molecular weight is 246 g/mol. The molecule has 0 aliphatic heterocycles. The molecular formula is C14H18N2O2. The van der Waals surface area contributed by atoms with Gasteiger partial charge in [0.1, 0.15) is 0 Å². The van der Waals surface area contributed by atoms with Crippen LogP contribution in [0.3, 0.4) is 0 Å². The third-order valence-electron chi connectivity index (χ3n) is 2.88. The maximum absolute atomic E-state index is 9.77. The Bertz CT molecular complexity index is 511. The Kier molecular flexibility index (Phi) is 4.12. The largest absolute Gasteiger partial charge is 0.389 e. The quantitative estimate of drug-likeness (QED) is 0.872. The number of aliphatic hydroxyl groups excluding tert-OH is 1. The van der Waals surface area contributed by atoms with E-state index in [2.05, 4.69) is 4.98 Å². The molecule has 96 valence electrons. The minimum atomic E-state index is -0.494. The summed E-state index contributed by atoms with van der Waals surface area (Å²) < 4.78 is 4.94. The molecule has 2 aromatic rings. The summed E-state index contributed by atoms with van der Waals surface area (Å²) in [5.74, 6) is 0. The maximum Gasteiger partial charge on any atom is 0.0947 e. The van der Waals surface area contributed by atoms with Crippen molar-refractivity contribution in [3.63, 3.8) is 0 Å². The van der Waals surface area contributed by atoms with E-state index in [1.165, 1.54) is 0 Å². The number of hydrogen-bond donors (Lipinski definition) is 1. The van der Waals surface area contributed by atoms with Gasteiger partial charge in [-0.05, 0) is 12.1 Å². The van der Waals surface area contributed by atoms with Crippen LogP contribution in [0.4, 0.5) is 5.69 Å². The molecule has 0 aliphatic rings. The molecule has 1 aromatic heterocycles. The van der Waals surface area contributed by atoms with Gasteiger partial charge in [0.2, 0.25) is 0 Å². The van der Waals surface area contributed by atoms with Crippen LogP contribution in [-0.2, 0) is 4.74 Å². The van der Waals surface area contributed by atoms with Crippen molar-refractivity contribution in [1.29, 1.82) is 0 Å². The molecule has 18 heavy (non-hydrogen) atoms. The van der Waals surface area contributed by atoms with Crippen LogP contribution in [0.2, 0.25) is 0 Å². The number of anilines is 1. The zero-order chi connectivity index (χ0) is 13.0. The molecule has 0 bridgehead atoms. The molecule has 0 radical (unpaired) electrons. The SMILES string of the molecule is COCC(O)CN(C)c1ccnc2ccccc12. The predicted molar refractivity (Wildman–Crippen MR) is 72.9 cm³/mol. The van der Waals surface area contributed by atoms with Crippen LogP contribution in [0.1, 0.15) is 0 Å². The molecule has 0 fully saturated rings. The van der Waals surface area contributed by atoms with Gasteiger partial charge < -0.3 is 14.7 Å². The second-order valence-corrected chi connectivity index (χ2v) is 4.34. The van der Waals surface area contributed by atoms with Crippen LogP contribution >= 0.6 is 0 Å². The number of ether oxygens (including phenoxy) is 1. The average Bonchev–Trinajstić information content (AvgIpc) is 2.38. The molecule has 0 spiro atoms. The van der Waals surface area contributed by atoms with Gasteiger partial charge in [-0.2, -0.15) is 0 Å². The van der Waals surface area contributed by atoms with E-state index in [1.54, 1.807) is 13.3 Å². The summed E-state index contributed by atoms with van der Waals surface area (Å²) in [7, 11) is 3.55. The Morgan fingerprint density at radius 2 is 2.11 bits per heavy atom. The fraction of sp³-hybridized carbons (Fsp3) is 0.357. The number of hydrogen-bond acceptors (Lipinski definition) is 4. The van der Waals surface area contributed by atoms with Gasteiger partial charge in [-0.25, -0.2) is 0 Å². The number of fused-ring (bicyclic) bond motifs is 1. The Balaban J connectivity index is 2.24. The summed E-state index contributed by atoms with van der Waals surface area (Å²) in [6.07, 6.45) is 1.29. The third-order valence-corrected chi connectivity index (χ3v) is 2.88. The number of methoxy groups -OCH3 is 1. The number of benzene rings is 1. The van der Waals surface area contributed by atoms with Crippen molar-refractivity contribution in [3.05, 3.63) is 36.5 Å². The van der Waals surface area contributed by atoms with Gasteiger partial charge in [0.25, 0.3) is 0 Å². The molecule has 1 unspecified atom stereocenters. The summed E-state index contributed by atoms with van der Waals surface area (Å²) >= 11 is 0. The number of likely N-dealkylation sites (N-methyl/N-ethyl adjacent to an activating group) is 1. The van der Waals surface area contributed by atoms with Crippen LogP contribution in [0.25, 0.3) is 10.9 Å². The number of pyridine rings is 1. The summed E-state index contributed by atoms with van der Waals surface area (Å²) in [6, 6.07) is 9.95. The van der Waals surface area contributed by atoms with Crippen LogP contribution in [-0.4, -0.2) is 43.5 Å². The highest BCUT2D eigenvalue weighted by molar-refractivity contribution is 5.91. The molecule has 1 heterocycles. The van der Waals surface area contributed by atoms with Gasteiger partial charge in [-0.1, -0.05) is 18.2 Å². The first-order chi connectivity index (χ1) is 8.72. The standard InChI is InChI=1S/C14H18N2O2/c1-16(9-11(17)10-18-2)14-7-8-15-13-6-4-3-5-12(13)14/h3-8,11,17H,9-10H2,1-2H3. The van der Waals surface area contributed by atoms with Crippen molar-refractivity contribution in [3.8, 4) is 0 Å². The first-order valence-electron chi connectivity index (χ1n) is 5.94. The van der Waals surface area contributed by atoms with E-state index in [9.17, 15) is 5.11 Å². The smallest absolute Gasteiger partial charge is 0.0947 e. The Morgan fingerprint density at radius 3 is 2.89 bits per heavy atom. The van der Waals surface area contributed by atoms with Crippen molar-refractivity contribution in [2.45, 2.75) is 6.10 Å². The highest BCUT2D eigenvalue weighted by Crippen LogP contribution is 2.24. The molecule has 2 rings (SSSR count). The van der Waals surface area contributed by atoms with Gasteiger partial charge in [-0.15, -0.1) is 0 Å². The zero-order valence-corrected chi connectivity index (χ0v) is 10.7. The number of rotatable bonds is 5. The molecule has 0 aliphatic carbocycles. The van der Waals surface area contributed by atoms with E-state index >= 15 is 0 Å². The fourth-order valence-electron chi connectivity index (χ4n) is 2.07. The monoisotopic (exact) mass is 246 g/mol. The Labute approximate surface area is 107 Å². The Hall–Kier alpha value is -1.65. The van der Waals surface area contributed by atoms with Crippen LogP contribution in [0, 0.1) is 0 Å². The normalized spacial score (nSPS) is 12.6. The van der Waals surface area contributed by atoms with Crippen molar-refractivity contribution < 1.29 is 9.84 Å². The third kappa shape index (κ3) is 2.78. The van der Waals surface area contributed by atoms with E-state index in [1.807, 2.05) is 42.3 Å². The topological polar surface area (TPSA) is 45.6 Å². The maximum atomic E-state index is 9.77. The summed E-state index contributed by atoms with van der Waals surface area (Å²) in [5, 5.41) is 10.9. The van der Waals surface area contributed by atoms with Gasteiger partial charge in [0, 0.05) is 38.0 Å². The van der Waals surface area contributed by atoms with Crippen molar-refractivity contribution in [1.82, 2.24) is 4.98 Å². The summed E-state index contributed by atoms with van der Waals surface area (Å²) in [4.78, 5) is 6.35. The number of para-hydroxylation sites is 1. The second-order valence-electron chi connectivity index (χ2n) is 4.34. The van der Waals surface area contributed by atoms with E-state index in [0.29, 0.717) is 13.2 Å². The molecule has 0 saturated carbocycles. The first-order valence-corrected chi connectivity index (χ1v) is 5.94. The van der Waals surface area contributed by atoms with E-state index < -0.39 is 6.10 Å². The lowest BCUT2D eigenvalue weighted by molar-refractivity contribution is 0.0695. The zero-order valence-electron chi connectivity index (χ0n) is 10.7. The lowest BCUT2D eigenvalue weighted by atomic mass is 10.1. The fourth-order valence-corrected chi connectivity index (χ4v) is 2.07. The van der Waals surface area contributed by atoms with Gasteiger partial charge >= 0.3 is 0 Å². The summed E-state index contributed by atoms with van der Waals surface area (Å²) in [5.41, 5.74) is 2.03. The minimum absolute atomic E-state index is 0.341. The number of aliphatic hydroxyl groups is 1. The van der Waals surface area contributed by atoms with Crippen molar-refractivity contribution >= 4 is 16.6 Å². The predicted octanol–water partition coefficient (Wildman–Crippen LogP) is 1.68. The molecule has 4 heteroatoms. The van der Waals surface area contributed by atoms with Crippen molar-refractivity contribution in [2.24, 2.45) is 0 Å². The van der Waals surface area contributed by atoms with Crippen LogP contribution in [0.5, 0.6) is 0 Å².